The highest BCUT2D eigenvalue weighted by Crippen LogP contribution is 2.29. The van der Waals surface area contributed by atoms with E-state index in [0.717, 1.165) is 0 Å². The standard InChI is InChI=1S/C11H13ClO3/c1-6(2)15-9-5-4-8(11(13)14)10(12)7(9)3/h4-6H,1-3H3,(H,13,14). The topological polar surface area (TPSA) is 46.5 Å². The predicted molar refractivity (Wildman–Crippen MR) is 58.9 cm³/mol. The van der Waals surface area contributed by atoms with E-state index in [2.05, 4.69) is 0 Å². The summed E-state index contributed by atoms with van der Waals surface area (Å²) < 4.78 is 5.48. The molecular formula is C11H13ClO3. The van der Waals surface area contributed by atoms with Crippen molar-refractivity contribution in [1.29, 1.82) is 0 Å². The number of hydrogen-bond donors (Lipinski definition) is 1. The molecule has 0 radical (unpaired) electrons. The third-order valence-corrected chi connectivity index (χ3v) is 2.42. The van der Waals surface area contributed by atoms with Gasteiger partial charge in [-0.2, -0.15) is 0 Å². The lowest BCUT2D eigenvalue weighted by Crippen LogP contribution is -2.08. The number of aromatic carboxylic acids is 1. The van der Waals surface area contributed by atoms with Crippen molar-refractivity contribution in [1.82, 2.24) is 0 Å². The van der Waals surface area contributed by atoms with Crippen molar-refractivity contribution in [2.75, 3.05) is 0 Å². The number of carbonyl (C=O) groups is 1. The minimum Gasteiger partial charge on any atom is -0.491 e. The van der Waals surface area contributed by atoms with Crippen LogP contribution in [0.25, 0.3) is 0 Å². The molecule has 0 fully saturated rings. The summed E-state index contributed by atoms with van der Waals surface area (Å²) in [5.74, 6) is -0.404. The Bertz CT molecular complexity index is 386. The highest BCUT2D eigenvalue weighted by Gasteiger charge is 2.14. The fourth-order valence-corrected chi connectivity index (χ4v) is 1.45. The molecule has 1 N–H and O–H groups in total. The zero-order chi connectivity index (χ0) is 11.6. The van der Waals surface area contributed by atoms with Crippen LogP contribution in [0, 0.1) is 6.92 Å². The zero-order valence-corrected chi connectivity index (χ0v) is 9.63. The van der Waals surface area contributed by atoms with Crippen LogP contribution >= 0.6 is 11.6 Å². The smallest absolute Gasteiger partial charge is 0.337 e. The lowest BCUT2D eigenvalue weighted by atomic mass is 10.1. The van der Waals surface area contributed by atoms with Gasteiger partial charge in [-0.25, -0.2) is 4.79 Å². The molecule has 0 saturated carbocycles. The average molecular weight is 229 g/mol. The average Bonchev–Trinajstić information content (AvgIpc) is 2.12. The van der Waals surface area contributed by atoms with Crippen molar-refractivity contribution in [3.8, 4) is 5.75 Å². The first kappa shape index (κ1) is 11.9. The number of ether oxygens (including phenoxy) is 1. The van der Waals surface area contributed by atoms with E-state index in [1.165, 1.54) is 6.07 Å². The van der Waals surface area contributed by atoms with Gasteiger partial charge in [0.05, 0.1) is 16.7 Å². The molecule has 0 aliphatic carbocycles. The van der Waals surface area contributed by atoms with Gasteiger partial charge in [0, 0.05) is 5.56 Å². The number of rotatable bonds is 3. The Morgan fingerprint density at radius 1 is 1.47 bits per heavy atom. The summed E-state index contributed by atoms with van der Waals surface area (Å²) in [5, 5.41) is 9.07. The van der Waals surface area contributed by atoms with Gasteiger partial charge < -0.3 is 9.84 Å². The van der Waals surface area contributed by atoms with E-state index in [1.807, 2.05) is 13.8 Å². The lowest BCUT2D eigenvalue weighted by Gasteiger charge is -2.14. The van der Waals surface area contributed by atoms with Crippen molar-refractivity contribution in [2.45, 2.75) is 26.9 Å². The summed E-state index contributed by atoms with van der Waals surface area (Å²) in [6, 6.07) is 3.08. The molecule has 3 nitrogen and oxygen atoms in total. The first-order valence-electron chi connectivity index (χ1n) is 4.62. The molecule has 0 amide bonds. The van der Waals surface area contributed by atoms with Gasteiger partial charge in [0.25, 0.3) is 0 Å². The fraction of sp³-hybridized carbons (Fsp3) is 0.364. The van der Waals surface area contributed by atoms with Gasteiger partial charge in [-0.15, -0.1) is 0 Å². The van der Waals surface area contributed by atoms with Gasteiger partial charge in [-0.05, 0) is 32.9 Å². The van der Waals surface area contributed by atoms with Crippen LogP contribution in [0.15, 0.2) is 12.1 Å². The summed E-state index contributed by atoms with van der Waals surface area (Å²) in [7, 11) is 0. The highest BCUT2D eigenvalue weighted by molar-refractivity contribution is 6.34. The molecule has 0 aliphatic heterocycles. The van der Waals surface area contributed by atoms with E-state index in [9.17, 15) is 4.79 Å². The minimum atomic E-state index is -1.03. The van der Waals surface area contributed by atoms with Crippen molar-refractivity contribution >= 4 is 17.6 Å². The SMILES string of the molecule is Cc1c(OC(C)C)ccc(C(=O)O)c1Cl. The molecule has 4 heteroatoms. The Labute approximate surface area is 93.6 Å². The molecule has 1 aromatic rings. The van der Waals surface area contributed by atoms with Gasteiger partial charge in [0.2, 0.25) is 0 Å². The van der Waals surface area contributed by atoms with Gasteiger partial charge in [0.1, 0.15) is 5.75 Å². The zero-order valence-electron chi connectivity index (χ0n) is 8.87. The molecule has 0 heterocycles. The van der Waals surface area contributed by atoms with E-state index in [4.69, 9.17) is 21.4 Å². The van der Waals surface area contributed by atoms with Gasteiger partial charge in [-0.3, -0.25) is 0 Å². The quantitative estimate of drug-likeness (QED) is 0.865. The molecule has 0 spiro atoms. The van der Waals surface area contributed by atoms with E-state index < -0.39 is 5.97 Å². The van der Waals surface area contributed by atoms with Crippen LogP contribution in [0.5, 0.6) is 5.75 Å². The minimum absolute atomic E-state index is 0.0374. The predicted octanol–water partition coefficient (Wildman–Crippen LogP) is 3.13. The second-order valence-corrected chi connectivity index (χ2v) is 3.90. The summed E-state index contributed by atoms with van der Waals surface area (Å²) in [5.41, 5.74) is 0.760. The third-order valence-electron chi connectivity index (χ3n) is 1.93. The Balaban J connectivity index is 3.15. The summed E-state index contributed by atoms with van der Waals surface area (Å²) in [4.78, 5) is 10.8. The second kappa shape index (κ2) is 4.53. The molecule has 1 rings (SSSR count). The third kappa shape index (κ3) is 2.63. The molecule has 15 heavy (non-hydrogen) atoms. The Morgan fingerprint density at radius 3 is 2.53 bits per heavy atom. The Morgan fingerprint density at radius 2 is 2.07 bits per heavy atom. The number of halogens is 1. The Hall–Kier alpha value is -1.22. The molecule has 82 valence electrons. The van der Waals surface area contributed by atoms with Crippen LogP contribution in [0.1, 0.15) is 29.8 Å². The van der Waals surface area contributed by atoms with Crippen LogP contribution in [0.3, 0.4) is 0 Å². The van der Waals surface area contributed by atoms with Gasteiger partial charge in [0.15, 0.2) is 0 Å². The maximum Gasteiger partial charge on any atom is 0.337 e. The van der Waals surface area contributed by atoms with E-state index in [1.54, 1.807) is 13.0 Å². The van der Waals surface area contributed by atoms with E-state index >= 15 is 0 Å². The molecule has 1 aromatic carbocycles. The van der Waals surface area contributed by atoms with Crippen LogP contribution in [-0.2, 0) is 0 Å². The Kier molecular flexibility index (Phi) is 3.58. The summed E-state index contributed by atoms with van der Waals surface area (Å²) >= 11 is 5.92. The fourth-order valence-electron chi connectivity index (χ4n) is 1.21. The van der Waals surface area contributed by atoms with Crippen LogP contribution in [0.4, 0.5) is 0 Å². The maximum absolute atomic E-state index is 10.8. The molecule has 0 aromatic heterocycles. The summed E-state index contributed by atoms with van der Waals surface area (Å²) in [6.07, 6.45) is 0.0374. The molecule has 0 atom stereocenters. The normalized spacial score (nSPS) is 10.5. The lowest BCUT2D eigenvalue weighted by molar-refractivity contribution is 0.0697. The maximum atomic E-state index is 10.8. The van der Waals surface area contributed by atoms with Crippen molar-refractivity contribution in [3.05, 3.63) is 28.3 Å². The summed E-state index contributed by atoms with van der Waals surface area (Å²) in [6.45, 7) is 5.55. The van der Waals surface area contributed by atoms with Crippen molar-refractivity contribution in [2.24, 2.45) is 0 Å². The van der Waals surface area contributed by atoms with Crippen LogP contribution < -0.4 is 4.74 Å². The number of hydrogen-bond acceptors (Lipinski definition) is 2. The number of carboxylic acid groups (broad SMARTS) is 1. The molecular weight excluding hydrogens is 216 g/mol. The number of carboxylic acids is 1. The first-order valence-corrected chi connectivity index (χ1v) is 5.00. The second-order valence-electron chi connectivity index (χ2n) is 3.52. The monoisotopic (exact) mass is 228 g/mol. The van der Waals surface area contributed by atoms with Crippen LogP contribution in [-0.4, -0.2) is 17.2 Å². The first-order chi connectivity index (χ1) is 6.93. The largest absolute Gasteiger partial charge is 0.491 e. The molecule has 0 saturated heterocycles. The van der Waals surface area contributed by atoms with Gasteiger partial charge in [-0.1, -0.05) is 11.6 Å². The van der Waals surface area contributed by atoms with E-state index in [0.29, 0.717) is 11.3 Å². The van der Waals surface area contributed by atoms with Crippen molar-refractivity contribution < 1.29 is 14.6 Å². The highest BCUT2D eigenvalue weighted by atomic mass is 35.5. The van der Waals surface area contributed by atoms with Crippen molar-refractivity contribution in [3.63, 3.8) is 0 Å². The molecule has 0 bridgehead atoms. The molecule has 0 aliphatic rings. The van der Waals surface area contributed by atoms with E-state index in [-0.39, 0.29) is 16.7 Å². The molecule has 0 unspecified atom stereocenters. The van der Waals surface area contributed by atoms with Gasteiger partial charge >= 0.3 is 5.97 Å². The number of benzene rings is 1. The van der Waals surface area contributed by atoms with Crippen LogP contribution in [0.2, 0.25) is 5.02 Å².